The van der Waals surface area contributed by atoms with E-state index in [1.54, 1.807) is 0 Å². The Morgan fingerprint density at radius 2 is 2.17 bits per heavy atom. The van der Waals surface area contributed by atoms with E-state index in [0.717, 1.165) is 24.2 Å². The van der Waals surface area contributed by atoms with Gasteiger partial charge in [-0.15, -0.1) is 0 Å². The summed E-state index contributed by atoms with van der Waals surface area (Å²) >= 11 is 0. The summed E-state index contributed by atoms with van der Waals surface area (Å²) in [6, 6.07) is 3.71. The molecule has 1 aliphatic heterocycles. The molecule has 0 unspecified atom stereocenters. The smallest absolute Gasteiger partial charge is 0.224 e. The average Bonchev–Trinajstić information content (AvgIpc) is 2.30. The van der Waals surface area contributed by atoms with Crippen LogP contribution in [0.5, 0.6) is 5.75 Å². The molecule has 1 aromatic carbocycles. The number of amides is 1. The minimum atomic E-state index is 0.0477. The van der Waals surface area contributed by atoms with Crippen molar-refractivity contribution in [2.45, 2.75) is 12.8 Å². The largest absolute Gasteiger partial charge is 0.490 e. The van der Waals surface area contributed by atoms with Crippen LogP contribution in [0, 0.1) is 0 Å². The van der Waals surface area contributed by atoms with E-state index < -0.39 is 0 Å². The predicted molar refractivity (Wildman–Crippen MR) is 71.9 cm³/mol. The molecule has 1 heterocycles. The number of carbonyl (C=O) groups excluding carboxylic acids is 1. The van der Waals surface area contributed by atoms with Gasteiger partial charge in [0.25, 0.3) is 0 Å². The number of hydrogen-bond acceptors (Lipinski definition) is 4. The molecule has 5 heteroatoms. The molecule has 0 radical (unpaired) electrons. The third-order valence-corrected chi connectivity index (χ3v) is 2.93. The van der Waals surface area contributed by atoms with E-state index in [0.29, 0.717) is 24.5 Å². The number of likely N-dealkylation sites (N-methyl/N-ethyl adjacent to an activating group) is 1. The number of aryl methyl sites for hydroxylation is 1. The van der Waals surface area contributed by atoms with Gasteiger partial charge in [-0.2, -0.15) is 0 Å². The molecule has 2 rings (SSSR count). The number of nitrogen functional groups attached to an aromatic ring is 1. The first-order valence-electron chi connectivity index (χ1n) is 6.06. The van der Waals surface area contributed by atoms with Gasteiger partial charge in [0.05, 0.1) is 5.69 Å². The summed E-state index contributed by atoms with van der Waals surface area (Å²) in [5.74, 6) is 0.685. The molecule has 0 saturated heterocycles. The van der Waals surface area contributed by atoms with Crippen LogP contribution in [-0.4, -0.2) is 38.1 Å². The topological polar surface area (TPSA) is 67.6 Å². The van der Waals surface area contributed by atoms with Crippen molar-refractivity contribution in [3.8, 4) is 5.75 Å². The van der Waals surface area contributed by atoms with E-state index in [1.807, 2.05) is 31.1 Å². The number of fused-ring (bicyclic) bond motifs is 1. The number of benzene rings is 1. The number of carbonyl (C=O) groups is 1. The summed E-state index contributed by atoms with van der Waals surface area (Å²) in [6.07, 6.45) is 1.26. The second-order valence-electron chi connectivity index (χ2n) is 4.75. The molecule has 0 aliphatic carbocycles. The molecule has 5 nitrogen and oxygen atoms in total. The number of nitrogens with one attached hydrogen (secondary N) is 1. The minimum Gasteiger partial charge on any atom is -0.490 e. The van der Waals surface area contributed by atoms with Gasteiger partial charge >= 0.3 is 0 Å². The maximum atomic E-state index is 11.3. The van der Waals surface area contributed by atoms with Gasteiger partial charge < -0.3 is 20.7 Å². The molecule has 98 valence electrons. The number of ether oxygens (including phenoxy) is 1. The first-order valence-corrected chi connectivity index (χ1v) is 6.06. The first kappa shape index (κ1) is 12.7. The molecule has 1 aromatic rings. The van der Waals surface area contributed by atoms with Crippen molar-refractivity contribution in [1.29, 1.82) is 0 Å². The lowest BCUT2D eigenvalue weighted by Gasteiger charge is -2.19. The monoisotopic (exact) mass is 249 g/mol. The molecular weight excluding hydrogens is 230 g/mol. The van der Waals surface area contributed by atoms with E-state index in [2.05, 4.69) is 5.32 Å². The lowest BCUT2D eigenvalue weighted by atomic mass is 10.0. The molecule has 0 fully saturated rings. The maximum absolute atomic E-state index is 11.3. The molecule has 3 N–H and O–H groups in total. The van der Waals surface area contributed by atoms with Gasteiger partial charge in [0.1, 0.15) is 12.4 Å². The molecule has 0 atom stereocenters. The minimum absolute atomic E-state index is 0.0477. The Hall–Kier alpha value is -1.75. The fraction of sp³-hybridized carbons (Fsp3) is 0.462. The van der Waals surface area contributed by atoms with Crippen LogP contribution in [0.4, 0.5) is 11.4 Å². The zero-order chi connectivity index (χ0) is 13.1. The summed E-state index contributed by atoms with van der Waals surface area (Å²) in [7, 11) is 3.97. The van der Waals surface area contributed by atoms with E-state index in [9.17, 15) is 4.79 Å². The van der Waals surface area contributed by atoms with E-state index in [4.69, 9.17) is 10.5 Å². The van der Waals surface area contributed by atoms with Crippen LogP contribution in [0.1, 0.15) is 12.0 Å². The summed E-state index contributed by atoms with van der Waals surface area (Å²) < 4.78 is 5.63. The molecule has 1 amide bonds. The van der Waals surface area contributed by atoms with E-state index >= 15 is 0 Å². The van der Waals surface area contributed by atoms with Crippen molar-refractivity contribution in [3.05, 3.63) is 17.7 Å². The van der Waals surface area contributed by atoms with Crippen molar-refractivity contribution in [1.82, 2.24) is 4.90 Å². The molecular formula is C13H19N3O2. The third kappa shape index (κ3) is 2.92. The molecule has 1 aliphatic rings. The summed E-state index contributed by atoms with van der Waals surface area (Å²) in [5, 5.41) is 2.84. The Kier molecular flexibility index (Phi) is 3.72. The van der Waals surface area contributed by atoms with Gasteiger partial charge in [-0.05, 0) is 32.1 Å². The number of hydrogen-bond donors (Lipinski definition) is 2. The normalized spacial score (nSPS) is 14.3. The highest BCUT2D eigenvalue weighted by Gasteiger charge is 2.17. The quantitative estimate of drug-likeness (QED) is 0.784. The fourth-order valence-corrected chi connectivity index (χ4v) is 1.89. The van der Waals surface area contributed by atoms with Crippen LogP contribution in [-0.2, 0) is 11.2 Å². The molecule has 0 aromatic heterocycles. The van der Waals surface area contributed by atoms with Crippen LogP contribution >= 0.6 is 0 Å². The van der Waals surface area contributed by atoms with Crippen molar-refractivity contribution >= 4 is 17.3 Å². The Balaban J connectivity index is 2.11. The number of rotatable bonds is 4. The van der Waals surface area contributed by atoms with Crippen LogP contribution in [0.3, 0.4) is 0 Å². The van der Waals surface area contributed by atoms with Crippen molar-refractivity contribution in [3.63, 3.8) is 0 Å². The zero-order valence-corrected chi connectivity index (χ0v) is 10.8. The lowest BCUT2D eigenvalue weighted by molar-refractivity contribution is -0.116. The first-order chi connectivity index (χ1) is 8.56. The lowest BCUT2D eigenvalue weighted by Crippen LogP contribution is -2.21. The molecule has 0 bridgehead atoms. The molecule has 18 heavy (non-hydrogen) atoms. The highest BCUT2D eigenvalue weighted by Crippen LogP contribution is 2.32. The van der Waals surface area contributed by atoms with Crippen molar-refractivity contribution in [2.75, 3.05) is 38.3 Å². The van der Waals surface area contributed by atoms with Gasteiger partial charge in [-0.25, -0.2) is 0 Å². The van der Waals surface area contributed by atoms with Crippen molar-refractivity contribution < 1.29 is 9.53 Å². The zero-order valence-electron chi connectivity index (χ0n) is 10.8. The van der Waals surface area contributed by atoms with Gasteiger partial charge in [0.2, 0.25) is 5.91 Å². The Bertz CT molecular complexity index is 458. The Morgan fingerprint density at radius 1 is 1.39 bits per heavy atom. The third-order valence-electron chi connectivity index (χ3n) is 2.93. The number of nitrogens with zero attached hydrogens (tertiary/aromatic N) is 1. The van der Waals surface area contributed by atoms with Crippen molar-refractivity contribution in [2.24, 2.45) is 0 Å². The standard InChI is InChI=1S/C13H19N3O2/c1-16(2)5-6-18-12-8-11-9(7-10(12)14)3-4-13(17)15-11/h7-8H,3-6,14H2,1-2H3,(H,15,17). The second-order valence-corrected chi connectivity index (χ2v) is 4.75. The maximum Gasteiger partial charge on any atom is 0.224 e. The fourth-order valence-electron chi connectivity index (χ4n) is 1.89. The Morgan fingerprint density at radius 3 is 2.89 bits per heavy atom. The highest BCUT2D eigenvalue weighted by atomic mass is 16.5. The van der Waals surface area contributed by atoms with Gasteiger partial charge in [0, 0.05) is 24.7 Å². The average molecular weight is 249 g/mol. The van der Waals surface area contributed by atoms with Crippen LogP contribution in [0.15, 0.2) is 12.1 Å². The summed E-state index contributed by atoms with van der Waals surface area (Å²) in [5.41, 5.74) is 8.47. The van der Waals surface area contributed by atoms with Crippen LogP contribution in [0.25, 0.3) is 0 Å². The summed E-state index contributed by atoms with van der Waals surface area (Å²) in [6.45, 7) is 1.40. The second kappa shape index (κ2) is 5.27. The van der Waals surface area contributed by atoms with Crippen LogP contribution < -0.4 is 15.8 Å². The van der Waals surface area contributed by atoms with E-state index in [-0.39, 0.29) is 5.91 Å². The predicted octanol–water partition coefficient (Wildman–Crippen LogP) is 1.09. The SMILES string of the molecule is CN(C)CCOc1cc2c(cc1N)CCC(=O)N2. The molecule has 0 spiro atoms. The molecule has 0 saturated carbocycles. The van der Waals surface area contributed by atoms with Crippen LogP contribution in [0.2, 0.25) is 0 Å². The van der Waals surface area contributed by atoms with Gasteiger partial charge in [-0.1, -0.05) is 0 Å². The van der Waals surface area contributed by atoms with Gasteiger partial charge in [0.15, 0.2) is 0 Å². The summed E-state index contributed by atoms with van der Waals surface area (Å²) in [4.78, 5) is 13.4. The Labute approximate surface area is 107 Å². The highest BCUT2D eigenvalue weighted by molar-refractivity contribution is 5.94. The van der Waals surface area contributed by atoms with E-state index in [1.165, 1.54) is 0 Å². The number of nitrogens with two attached hydrogens (primary N) is 1. The number of anilines is 2. The van der Waals surface area contributed by atoms with Gasteiger partial charge in [-0.3, -0.25) is 4.79 Å².